The number of thiophene rings is 1. The Hall–Kier alpha value is -1.16. The van der Waals surface area contributed by atoms with Crippen LogP contribution in [0.1, 0.15) is 10.4 Å². The van der Waals surface area contributed by atoms with Crippen LogP contribution in [0, 0.1) is 0 Å². The summed E-state index contributed by atoms with van der Waals surface area (Å²) in [5.74, 6) is 0. The second-order valence-corrected chi connectivity index (χ2v) is 5.03. The number of benzene rings is 1. The third-order valence-electron chi connectivity index (χ3n) is 2.62. The summed E-state index contributed by atoms with van der Waals surface area (Å²) in [5, 5.41) is 11.2. The van der Waals surface area contributed by atoms with Gasteiger partial charge in [-0.1, -0.05) is 36.4 Å². The lowest BCUT2D eigenvalue weighted by atomic mass is 10.2. The van der Waals surface area contributed by atoms with Crippen LogP contribution in [0.4, 0.5) is 0 Å². The van der Waals surface area contributed by atoms with Crippen molar-refractivity contribution in [3.63, 3.8) is 0 Å². The molecule has 17 heavy (non-hydrogen) atoms. The van der Waals surface area contributed by atoms with Crippen molar-refractivity contribution in [2.24, 2.45) is 0 Å². The summed E-state index contributed by atoms with van der Waals surface area (Å²) in [5.41, 5.74) is 1.29. The Morgan fingerprint density at radius 3 is 2.47 bits per heavy atom. The van der Waals surface area contributed by atoms with Gasteiger partial charge in [0.15, 0.2) is 0 Å². The van der Waals surface area contributed by atoms with Crippen molar-refractivity contribution in [1.82, 2.24) is 4.90 Å². The first-order valence-corrected chi connectivity index (χ1v) is 6.66. The van der Waals surface area contributed by atoms with Crippen molar-refractivity contribution in [2.45, 2.75) is 13.1 Å². The van der Waals surface area contributed by atoms with Crippen LogP contribution in [0.5, 0.6) is 0 Å². The van der Waals surface area contributed by atoms with Gasteiger partial charge in [-0.25, -0.2) is 0 Å². The van der Waals surface area contributed by atoms with Gasteiger partial charge in [-0.05, 0) is 17.0 Å². The van der Waals surface area contributed by atoms with Crippen molar-refractivity contribution in [3.05, 3.63) is 58.3 Å². The summed E-state index contributed by atoms with van der Waals surface area (Å²) in [6.07, 6.45) is 0. The summed E-state index contributed by atoms with van der Waals surface area (Å²) in [7, 11) is 0. The number of rotatable bonds is 6. The molecule has 0 spiro atoms. The van der Waals surface area contributed by atoms with Gasteiger partial charge in [-0.3, -0.25) is 4.90 Å². The van der Waals surface area contributed by atoms with Gasteiger partial charge >= 0.3 is 0 Å². The molecular weight excluding hydrogens is 230 g/mol. The summed E-state index contributed by atoms with van der Waals surface area (Å²) in [6, 6.07) is 14.6. The van der Waals surface area contributed by atoms with Crippen LogP contribution in [-0.2, 0) is 13.1 Å². The highest BCUT2D eigenvalue weighted by Gasteiger charge is 2.06. The number of hydrogen-bond donors (Lipinski definition) is 1. The molecule has 90 valence electrons. The summed E-state index contributed by atoms with van der Waals surface area (Å²) < 4.78 is 0. The molecule has 0 aliphatic rings. The summed E-state index contributed by atoms with van der Waals surface area (Å²) >= 11 is 1.76. The molecule has 0 atom stereocenters. The molecule has 0 aliphatic heterocycles. The van der Waals surface area contributed by atoms with E-state index in [-0.39, 0.29) is 6.61 Å². The fourth-order valence-corrected chi connectivity index (χ4v) is 2.57. The Morgan fingerprint density at radius 2 is 1.82 bits per heavy atom. The van der Waals surface area contributed by atoms with E-state index in [1.165, 1.54) is 10.4 Å². The zero-order valence-electron chi connectivity index (χ0n) is 9.75. The number of nitrogens with zero attached hydrogens (tertiary/aromatic N) is 1. The monoisotopic (exact) mass is 247 g/mol. The minimum atomic E-state index is 0.207. The molecule has 0 saturated carbocycles. The highest BCUT2D eigenvalue weighted by atomic mass is 32.1. The molecule has 1 aromatic carbocycles. The maximum atomic E-state index is 9.11. The molecule has 1 N–H and O–H groups in total. The van der Waals surface area contributed by atoms with Crippen molar-refractivity contribution in [2.75, 3.05) is 13.2 Å². The number of hydrogen-bond acceptors (Lipinski definition) is 3. The predicted molar refractivity (Wildman–Crippen MR) is 72.0 cm³/mol. The summed E-state index contributed by atoms with van der Waals surface area (Å²) in [4.78, 5) is 3.61. The Morgan fingerprint density at radius 1 is 1.00 bits per heavy atom. The van der Waals surface area contributed by atoms with Crippen LogP contribution in [0.3, 0.4) is 0 Å². The molecule has 2 aromatic rings. The van der Waals surface area contributed by atoms with E-state index in [1.54, 1.807) is 11.3 Å². The Bertz CT molecular complexity index is 413. The van der Waals surface area contributed by atoms with Gasteiger partial charge in [-0.2, -0.15) is 0 Å². The Kier molecular flexibility index (Phi) is 4.74. The van der Waals surface area contributed by atoms with Crippen LogP contribution in [-0.4, -0.2) is 23.2 Å². The van der Waals surface area contributed by atoms with E-state index in [2.05, 4.69) is 46.7 Å². The highest BCUT2D eigenvalue weighted by Crippen LogP contribution is 2.14. The van der Waals surface area contributed by atoms with Crippen molar-refractivity contribution >= 4 is 11.3 Å². The second-order valence-electron chi connectivity index (χ2n) is 4.00. The SMILES string of the molecule is OCCN(Cc1ccccc1)Cc1cccs1. The molecule has 0 amide bonds. The van der Waals surface area contributed by atoms with Gasteiger partial charge < -0.3 is 5.11 Å². The Labute approximate surface area is 106 Å². The molecule has 0 saturated heterocycles. The van der Waals surface area contributed by atoms with Gasteiger partial charge in [0.05, 0.1) is 6.61 Å². The van der Waals surface area contributed by atoms with Gasteiger partial charge in [0.25, 0.3) is 0 Å². The largest absolute Gasteiger partial charge is 0.395 e. The van der Waals surface area contributed by atoms with E-state index in [0.29, 0.717) is 6.54 Å². The summed E-state index contributed by atoms with van der Waals surface area (Å²) in [6.45, 7) is 2.72. The fourth-order valence-electron chi connectivity index (χ4n) is 1.82. The van der Waals surface area contributed by atoms with Gasteiger partial charge in [0.2, 0.25) is 0 Å². The van der Waals surface area contributed by atoms with Crippen LogP contribution < -0.4 is 0 Å². The minimum absolute atomic E-state index is 0.207. The molecule has 0 aliphatic carbocycles. The van der Waals surface area contributed by atoms with E-state index >= 15 is 0 Å². The predicted octanol–water partition coefficient (Wildman–Crippen LogP) is 2.74. The Balaban J connectivity index is 1.97. The lowest BCUT2D eigenvalue weighted by Gasteiger charge is -2.20. The van der Waals surface area contributed by atoms with Crippen LogP contribution in [0.25, 0.3) is 0 Å². The first kappa shape index (κ1) is 12.3. The maximum Gasteiger partial charge on any atom is 0.0558 e. The zero-order chi connectivity index (χ0) is 11.9. The quantitative estimate of drug-likeness (QED) is 0.848. The fraction of sp³-hybridized carbons (Fsp3) is 0.286. The van der Waals surface area contributed by atoms with Gasteiger partial charge in [0.1, 0.15) is 0 Å². The van der Waals surface area contributed by atoms with Crippen molar-refractivity contribution in [3.8, 4) is 0 Å². The average molecular weight is 247 g/mol. The van der Waals surface area contributed by atoms with Gasteiger partial charge in [0, 0.05) is 24.5 Å². The highest BCUT2D eigenvalue weighted by molar-refractivity contribution is 7.09. The second kappa shape index (κ2) is 6.55. The molecule has 3 heteroatoms. The first-order chi connectivity index (χ1) is 8.38. The third kappa shape index (κ3) is 3.97. The van der Waals surface area contributed by atoms with Crippen molar-refractivity contribution in [1.29, 1.82) is 0 Å². The topological polar surface area (TPSA) is 23.5 Å². The normalized spacial score (nSPS) is 10.9. The van der Waals surface area contributed by atoms with Crippen LogP contribution in [0.15, 0.2) is 47.8 Å². The lowest BCUT2D eigenvalue weighted by molar-refractivity contribution is 0.185. The van der Waals surface area contributed by atoms with E-state index in [1.807, 2.05) is 6.07 Å². The minimum Gasteiger partial charge on any atom is -0.395 e. The van der Waals surface area contributed by atoms with E-state index in [4.69, 9.17) is 5.11 Å². The van der Waals surface area contributed by atoms with Crippen molar-refractivity contribution < 1.29 is 5.11 Å². The number of aliphatic hydroxyl groups is 1. The molecular formula is C14H17NOS. The van der Waals surface area contributed by atoms with Crippen LogP contribution in [0.2, 0.25) is 0 Å². The molecule has 0 fully saturated rings. The van der Waals surface area contributed by atoms with E-state index < -0.39 is 0 Å². The molecule has 2 nitrogen and oxygen atoms in total. The first-order valence-electron chi connectivity index (χ1n) is 5.78. The number of aliphatic hydroxyl groups excluding tert-OH is 1. The third-order valence-corrected chi connectivity index (χ3v) is 3.49. The van der Waals surface area contributed by atoms with E-state index in [9.17, 15) is 0 Å². The molecule has 0 unspecified atom stereocenters. The molecule has 0 bridgehead atoms. The molecule has 2 rings (SSSR count). The smallest absolute Gasteiger partial charge is 0.0558 e. The molecule has 1 aromatic heterocycles. The maximum absolute atomic E-state index is 9.11. The molecule has 1 heterocycles. The standard InChI is InChI=1S/C14H17NOS/c16-9-8-15(12-14-7-4-10-17-14)11-13-5-2-1-3-6-13/h1-7,10,16H,8-9,11-12H2. The zero-order valence-corrected chi connectivity index (χ0v) is 10.6. The van der Waals surface area contributed by atoms with E-state index in [0.717, 1.165) is 13.1 Å². The average Bonchev–Trinajstić information content (AvgIpc) is 2.83. The lowest BCUT2D eigenvalue weighted by Crippen LogP contribution is -2.25. The van der Waals surface area contributed by atoms with Gasteiger partial charge in [-0.15, -0.1) is 11.3 Å². The van der Waals surface area contributed by atoms with Crippen LogP contribution >= 0.6 is 11.3 Å². The molecule has 0 radical (unpaired) electrons.